The summed E-state index contributed by atoms with van der Waals surface area (Å²) in [4.78, 5) is 0. The topological polar surface area (TPSA) is 23.8 Å². The number of hydrogen-bond donors (Lipinski definition) is 0. The van der Waals surface area contributed by atoms with Crippen LogP contribution in [-0.4, -0.2) is 0 Å². The molecule has 0 atom stereocenters. The Hall–Kier alpha value is -1.29. The van der Waals surface area contributed by atoms with E-state index in [1.165, 1.54) is 18.4 Å². The van der Waals surface area contributed by atoms with Gasteiger partial charge in [-0.15, -0.1) is 0 Å². The van der Waals surface area contributed by atoms with Gasteiger partial charge in [-0.25, -0.2) is 0 Å². The molecule has 70 valence electrons. The fourth-order valence-electron chi connectivity index (χ4n) is 2.75. The Labute approximate surface area is 84.4 Å². The smallest absolute Gasteiger partial charge is 0.0699 e. The zero-order chi connectivity index (χ0) is 9.65. The number of nitrogens with zero attached hydrogens (tertiary/aromatic N) is 1. The van der Waals surface area contributed by atoms with E-state index in [4.69, 9.17) is 0 Å². The molecule has 3 rings (SSSR count). The molecule has 1 aromatic rings. The maximum atomic E-state index is 9.24. The van der Waals surface area contributed by atoms with Crippen molar-refractivity contribution in [3.8, 4) is 6.07 Å². The van der Waals surface area contributed by atoms with Crippen molar-refractivity contribution in [1.29, 1.82) is 5.26 Å². The van der Waals surface area contributed by atoms with E-state index in [9.17, 15) is 5.26 Å². The normalized spacial score (nSPS) is 25.1. The van der Waals surface area contributed by atoms with Gasteiger partial charge in [0.1, 0.15) is 0 Å². The van der Waals surface area contributed by atoms with Crippen molar-refractivity contribution in [2.75, 3.05) is 0 Å². The molecule has 2 aliphatic rings. The van der Waals surface area contributed by atoms with Crippen LogP contribution >= 0.6 is 0 Å². The summed E-state index contributed by atoms with van der Waals surface area (Å²) < 4.78 is 0. The van der Waals surface area contributed by atoms with Gasteiger partial charge in [0, 0.05) is 5.41 Å². The van der Waals surface area contributed by atoms with Crippen molar-refractivity contribution in [2.24, 2.45) is 5.41 Å². The first kappa shape index (κ1) is 8.05. The first-order chi connectivity index (χ1) is 6.83. The Kier molecular flexibility index (Phi) is 1.37. The lowest BCUT2D eigenvalue weighted by atomic mass is 9.81. The number of rotatable bonds is 2. The van der Waals surface area contributed by atoms with E-state index in [2.05, 4.69) is 30.3 Å². The summed E-state index contributed by atoms with van der Waals surface area (Å²) in [6.07, 6.45) is 4.64. The van der Waals surface area contributed by atoms with Crippen molar-refractivity contribution in [1.82, 2.24) is 0 Å². The van der Waals surface area contributed by atoms with Crippen molar-refractivity contribution < 1.29 is 0 Å². The second-order valence-corrected chi connectivity index (χ2v) is 4.64. The molecule has 0 spiro atoms. The minimum absolute atomic E-state index is 0.00829. The fourth-order valence-corrected chi connectivity index (χ4v) is 2.75. The van der Waals surface area contributed by atoms with E-state index in [-0.39, 0.29) is 10.8 Å². The molecule has 0 saturated heterocycles. The van der Waals surface area contributed by atoms with E-state index in [0.717, 1.165) is 12.8 Å². The SMILES string of the molecule is N#CC1(C2(c3ccccc3)CC2)CC1. The highest BCUT2D eigenvalue weighted by atomic mass is 14.7. The molecular formula is C13H13N. The van der Waals surface area contributed by atoms with E-state index >= 15 is 0 Å². The third kappa shape index (κ3) is 0.838. The Morgan fingerprint density at radius 1 is 1.00 bits per heavy atom. The largest absolute Gasteiger partial charge is 0.198 e. The summed E-state index contributed by atoms with van der Waals surface area (Å²) in [6, 6.07) is 13.1. The molecule has 0 unspecified atom stereocenters. The van der Waals surface area contributed by atoms with Crippen LogP contribution < -0.4 is 0 Å². The van der Waals surface area contributed by atoms with Crippen molar-refractivity contribution >= 4 is 0 Å². The van der Waals surface area contributed by atoms with Gasteiger partial charge in [-0.2, -0.15) is 5.26 Å². The standard InChI is InChI=1S/C13H13N/c14-10-12(6-7-12)13(8-9-13)11-4-2-1-3-5-11/h1-5H,6-9H2. The highest BCUT2D eigenvalue weighted by molar-refractivity contribution is 5.41. The molecule has 1 aromatic carbocycles. The van der Waals surface area contributed by atoms with Gasteiger partial charge in [-0.3, -0.25) is 0 Å². The lowest BCUT2D eigenvalue weighted by Crippen LogP contribution is -2.20. The zero-order valence-corrected chi connectivity index (χ0v) is 8.16. The molecule has 2 saturated carbocycles. The summed E-state index contributed by atoms with van der Waals surface area (Å²) >= 11 is 0. The third-order valence-corrected chi connectivity index (χ3v) is 3.96. The highest BCUT2D eigenvalue weighted by Crippen LogP contribution is 2.70. The molecule has 14 heavy (non-hydrogen) atoms. The van der Waals surface area contributed by atoms with Gasteiger partial charge in [0.2, 0.25) is 0 Å². The summed E-state index contributed by atoms with van der Waals surface area (Å²) in [7, 11) is 0. The van der Waals surface area contributed by atoms with Gasteiger partial charge in [0.25, 0.3) is 0 Å². The minimum Gasteiger partial charge on any atom is -0.198 e. The average molecular weight is 183 g/mol. The minimum atomic E-state index is 0.00829. The second-order valence-electron chi connectivity index (χ2n) is 4.64. The van der Waals surface area contributed by atoms with Crippen LogP contribution in [0.5, 0.6) is 0 Å². The first-order valence-electron chi connectivity index (χ1n) is 5.30. The Bertz CT molecular complexity index is 391. The van der Waals surface area contributed by atoms with Gasteiger partial charge in [0.15, 0.2) is 0 Å². The van der Waals surface area contributed by atoms with Crippen LogP contribution in [0, 0.1) is 16.7 Å². The monoisotopic (exact) mass is 183 g/mol. The zero-order valence-electron chi connectivity index (χ0n) is 8.16. The second kappa shape index (κ2) is 2.39. The van der Waals surface area contributed by atoms with E-state index in [1.807, 2.05) is 6.07 Å². The molecule has 0 N–H and O–H groups in total. The predicted molar refractivity (Wildman–Crippen MR) is 54.6 cm³/mol. The first-order valence-corrected chi connectivity index (χ1v) is 5.30. The molecule has 1 heteroatoms. The average Bonchev–Trinajstić information content (AvgIpc) is 3.13. The Morgan fingerprint density at radius 3 is 2.07 bits per heavy atom. The van der Waals surface area contributed by atoms with Gasteiger partial charge in [-0.1, -0.05) is 30.3 Å². The van der Waals surface area contributed by atoms with Crippen LogP contribution in [0.4, 0.5) is 0 Å². The van der Waals surface area contributed by atoms with Crippen LogP contribution in [-0.2, 0) is 5.41 Å². The highest BCUT2D eigenvalue weighted by Gasteiger charge is 2.66. The summed E-state index contributed by atoms with van der Waals surface area (Å²) in [6.45, 7) is 0. The van der Waals surface area contributed by atoms with Crippen LogP contribution in [0.25, 0.3) is 0 Å². The van der Waals surface area contributed by atoms with Gasteiger partial charge >= 0.3 is 0 Å². The molecule has 2 fully saturated rings. The lowest BCUT2D eigenvalue weighted by molar-refractivity contribution is 0.484. The van der Waals surface area contributed by atoms with Crippen LogP contribution in [0.3, 0.4) is 0 Å². The fraction of sp³-hybridized carbons (Fsp3) is 0.462. The van der Waals surface area contributed by atoms with E-state index in [0.29, 0.717) is 0 Å². The van der Waals surface area contributed by atoms with Gasteiger partial charge in [0.05, 0.1) is 11.5 Å². The molecule has 0 heterocycles. The molecule has 0 radical (unpaired) electrons. The van der Waals surface area contributed by atoms with E-state index < -0.39 is 0 Å². The molecule has 0 aliphatic heterocycles. The molecule has 0 aromatic heterocycles. The van der Waals surface area contributed by atoms with Gasteiger partial charge < -0.3 is 0 Å². The number of benzene rings is 1. The van der Waals surface area contributed by atoms with E-state index in [1.54, 1.807) is 0 Å². The molecule has 0 amide bonds. The van der Waals surface area contributed by atoms with Crippen molar-refractivity contribution in [3.05, 3.63) is 35.9 Å². The summed E-state index contributed by atoms with van der Waals surface area (Å²) in [5, 5.41) is 9.24. The van der Waals surface area contributed by atoms with Crippen LogP contribution in [0.1, 0.15) is 31.2 Å². The maximum Gasteiger partial charge on any atom is 0.0699 e. The maximum absolute atomic E-state index is 9.24. The summed E-state index contributed by atoms with van der Waals surface area (Å²) in [5.74, 6) is 0. The number of nitriles is 1. The Balaban J connectivity index is 2.04. The quantitative estimate of drug-likeness (QED) is 0.691. The van der Waals surface area contributed by atoms with Crippen molar-refractivity contribution in [3.63, 3.8) is 0 Å². The molecule has 0 bridgehead atoms. The summed E-state index contributed by atoms with van der Waals surface area (Å²) in [5.41, 5.74) is 1.64. The van der Waals surface area contributed by atoms with Crippen LogP contribution in [0.2, 0.25) is 0 Å². The third-order valence-electron chi connectivity index (χ3n) is 3.96. The predicted octanol–water partition coefficient (Wildman–Crippen LogP) is 3.02. The molecule has 2 aliphatic carbocycles. The Morgan fingerprint density at radius 2 is 1.64 bits per heavy atom. The van der Waals surface area contributed by atoms with Crippen molar-refractivity contribution in [2.45, 2.75) is 31.1 Å². The molecule has 1 nitrogen and oxygen atoms in total. The number of hydrogen-bond acceptors (Lipinski definition) is 1. The van der Waals surface area contributed by atoms with Crippen LogP contribution in [0.15, 0.2) is 30.3 Å². The lowest BCUT2D eigenvalue weighted by Gasteiger charge is -2.20. The van der Waals surface area contributed by atoms with Gasteiger partial charge in [-0.05, 0) is 31.2 Å². The molecular weight excluding hydrogens is 170 g/mol.